The maximum atomic E-state index is 11.5. The van der Waals surface area contributed by atoms with Crippen molar-refractivity contribution in [3.63, 3.8) is 0 Å². The molecule has 0 aliphatic carbocycles. The maximum absolute atomic E-state index is 11.5. The molecule has 1 atom stereocenters. The first-order valence-corrected chi connectivity index (χ1v) is 7.19. The Hall–Kier alpha value is -1.43. The van der Waals surface area contributed by atoms with Gasteiger partial charge in [0.25, 0.3) is 0 Å². The largest absolute Gasteiger partial charge is 0.478 e. The molecule has 0 radical (unpaired) electrons. The Balaban J connectivity index is 2.28. The SMILES string of the molecule is O=C(O)c1cncc(C2CCCS(=O)(=O)C2)c1. The van der Waals surface area contributed by atoms with Crippen LogP contribution in [0.1, 0.15) is 34.7 Å². The highest BCUT2D eigenvalue weighted by Crippen LogP contribution is 2.28. The molecule has 1 aliphatic rings. The summed E-state index contributed by atoms with van der Waals surface area (Å²) in [5.41, 5.74) is 0.804. The Morgan fingerprint density at radius 2 is 2.18 bits per heavy atom. The van der Waals surface area contributed by atoms with Crippen LogP contribution in [0.3, 0.4) is 0 Å². The van der Waals surface area contributed by atoms with Gasteiger partial charge in [0.1, 0.15) is 0 Å². The molecule has 6 heteroatoms. The third-order valence-electron chi connectivity index (χ3n) is 2.94. The van der Waals surface area contributed by atoms with Gasteiger partial charge in [-0.3, -0.25) is 4.98 Å². The van der Waals surface area contributed by atoms with Crippen LogP contribution in [0.25, 0.3) is 0 Å². The van der Waals surface area contributed by atoms with Crippen LogP contribution in [-0.4, -0.2) is 36.0 Å². The number of carboxylic acid groups (broad SMARTS) is 1. The van der Waals surface area contributed by atoms with Crippen LogP contribution >= 0.6 is 0 Å². The third-order valence-corrected chi connectivity index (χ3v) is 4.76. The lowest BCUT2D eigenvalue weighted by Crippen LogP contribution is -2.24. The number of pyridine rings is 1. The van der Waals surface area contributed by atoms with Crippen molar-refractivity contribution < 1.29 is 18.3 Å². The van der Waals surface area contributed by atoms with Crippen molar-refractivity contribution in [3.05, 3.63) is 29.6 Å². The van der Waals surface area contributed by atoms with E-state index in [1.165, 1.54) is 12.3 Å². The Morgan fingerprint density at radius 3 is 2.82 bits per heavy atom. The lowest BCUT2D eigenvalue weighted by atomic mass is 9.96. The average molecular weight is 255 g/mol. The predicted octanol–water partition coefficient (Wildman–Crippen LogP) is 1.07. The van der Waals surface area contributed by atoms with E-state index in [1.54, 1.807) is 6.20 Å². The molecule has 1 aromatic rings. The van der Waals surface area contributed by atoms with Gasteiger partial charge in [-0.25, -0.2) is 13.2 Å². The highest BCUT2D eigenvalue weighted by molar-refractivity contribution is 7.91. The van der Waals surface area contributed by atoms with Crippen molar-refractivity contribution in [1.29, 1.82) is 0 Å². The normalized spacial score (nSPS) is 23.2. The first-order chi connectivity index (χ1) is 7.98. The molecular formula is C11H13NO4S. The van der Waals surface area contributed by atoms with E-state index in [2.05, 4.69) is 4.98 Å². The molecule has 5 nitrogen and oxygen atoms in total. The Kier molecular flexibility index (Phi) is 3.15. The molecule has 17 heavy (non-hydrogen) atoms. The average Bonchev–Trinajstić information content (AvgIpc) is 2.28. The first kappa shape index (κ1) is 12.0. The van der Waals surface area contributed by atoms with E-state index in [4.69, 9.17) is 5.11 Å². The topological polar surface area (TPSA) is 84.3 Å². The molecule has 1 aliphatic heterocycles. The second-order valence-electron chi connectivity index (χ2n) is 4.27. The standard InChI is InChI=1S/C11H13NO4S/c13-11(14)10-4-9(5-12-6-10)8-2-1-3-17(15,16)7-8/h4-6,8H,1-3,7H2,(H,13,14). The van der Waals surface area contributed by atoms with Crippen molar-refractivity contribution >= 4 is 15.8 Å². The summed E-state index contributed by atoms with van der Waals surface area (Å²) in [6.07, 6.45) is 4.22. The highest BCUT2D eigenvalue weighted by atomic mass is 32.2. The van der Waals surface area contributed by atoms with Crippen molar-refractivity contribution in [2.75, 3.05) is 11.5 Å². The molecule has 0 amide bonds. The minimum atomic E-state index is -2.99. The van der Waals surface area contributed by atoms with Crippen molar-refractivity contribution in [1.82, 2.24) is 4.98 Å². The number of hydrogen-bond acceptors (Lipinski definition) is 4. The van der Waals surface area contributed by atoms with E-state index < -0.39 is 15.8 Å². The molecule has 0 saturated carbocycles. The summed E-state index contributed by atoms with van der Waals surface area (Å²) in [5, 5.41) is 8.85. The molecule has 92 valence electrons. The van der Waals surface area contributed by atoms with E-state index in [9.17, 15) is 13.2 Å². The van der Waals surface area contributed by atoms with Gasteiger partial charge in [-0.1, -0.05) is 0 Å². The molecule has 1 N–H and O–H groups in total. The molecule has 1 unspecified atom stereocenters. The molecule has 0 bridgehead atoms. The monoisotopic (exact) mass is 255 g/mol. The van der Waals surface area contributed by atoms with Crippen molar-refractivity contribution in [3.8, 4) is 0 Å². The van der Waals surface area contributed by atoms with E-state index >= 15 is 0 Å². The fraction of sp³-hybridized carbons (Fsp3) is 0.455. The maximum Gasteiger partial charge on any atom is 0.337 e. The van der Waals surface area contributed by atoms with Gasteiger partial charge in [-0.2, -0.15) is 0 Å². The van der Waals surface area contributed by atoms with Crippen molar-refractivity contribution in [2.24, 2.45) is 0 Å². The zero-order valence-corrected chi connectivity index (χ0v) is 9.98. The van der Waals surface area contributed by atoms with E-state index in [1.807, 2.05) is 0 Å². The van der Waals surface area contributed by atoms with Gasteiger partial charge in [0.05, 0.1) is 17.1 Å². The number of aromatic carboxylic acids is 1. The molecule has 2 heterocycles. The van der Waals surface area contributed by atoms with Gasteiger partial charge in [-0.15, -0.1) is 0 Å². The molecule has 1 saturated heterocycles. The number of sulfone groups is 1. The minimum Gasteiger partial charge on any atom is -0.478 e. The summed E-state index contributed by atoms with van der Waals surface area (Å²) in [4.78, 5) is 14.7. The van der Waals surface area contributed by atoms with Crippen LogP contribution in [0.4, 0.5) is 0 Å². The molecule has 0 aromatic carbocycles. The number of aromatic nitrogens is 1. The number of nitrogens with zero attached hydrogens (tertiary/aromatic N) is 1. The van der Waals surface area contributed by atoms with Gasteiger partial charge >= 0.3 is 5.97 Å². The fourth-order valence-corrected chi connectivity index (χ4v) is 3.83. The predicted molar refractivity (Wildman–Crippen MR) is 61.8 cm³/mol. The second-order valence-corrected chi connectivity index (χ2v) is 6.49. The Morgan fingerprint density at radius 1 is 1.41 bits per heavy atom. The first-order valence-electron chi connectivity index (χ1n) is 5.36. The summed E-state index contributed by atoms with van der Waals surface area (Å²) in [5.74, 6) is -0.841. The number of hydrogen-bond donors (Lipinski definition) is 1. The molecule has 1 aromatic heterocycles. The smallest absolute Gasteiger partial charge is 0.337 e. The molecule has 1 fully saturated rings. The zero-order valence-electron chi connectivity index (χ0n) is 9.17. The number of rotatable bonds is 2. The van der Waals surface area contributed by atoms with E-state index in [-0.39, 0.29) is 23.0 Å². The van der Waals surface area contributed by atoms with Crippen LogP contribution in [0.2, 0.25) is 0 Å². The van der Waals surface area contributed by atoms with Crippen LogP contribution < -0.4 is 0 Å². The van der Waals surface area contributed by atoms with Crippen LogP contribution in [0, 0.1) is 0 Å². The lowest BCUT2D eigenvalue weighted by Gasteiger charge is -2.22. The number of carboxylic acids is 1. The van der Waals surface area contributed by atoms with E-state index in [0.29, 0.717) is 12.0 Å². The second kappa shape index (κ2) is 4.44. The van der Waals surface area contributed by atoms with Crippen LogP contribution in [0.5, 0.6) is 0 Å². The summed E-state index contributed by atoms with van der Waals surface area (Å²) in [7, 11) is -2.99. The van der Waals surface area contributed by atoms with Gasteiger partial charge in [-0.05, 0) is 30.4 Å². The van der Waals surface area contributed by atoms with Gasteiger partial charge in [0, 0.05) is 12.4 Å². The van der Waals surface area contributed by atoms with E-state index in [0.717, 1.165) is 6.42 Å². The lowest BCUT2D eigenvalue weighted by molar-refractivity contribution is 0.0696. The quantitative estimate of drug-likeness (QED) is 0.854. The van der Waals surface area contributed by atoms with Gasteiger partial charge < -0.3 is 5.11 Å². The van der Waals surface area contributed by atoms with Gasteiger partial charge in [0.15, 0.2) is 9.84 Å². The molecule has 0 spiro atoms. The Labute approximate surface area is 99.4 Å². The molecule has 2 rings (SSSR count). The molecular weight excluding hydrogens is 242 g/mol. The summed E-state index contributed by atoms with van der Waals surface area (Å²) < 4.78 is 23.0. The van der Waals surface area contributed by atoms with Gasteiger partial charge in [0.2, 0.25) is 0 Å². The summed E-state index contributed by atoms with van der Waals surface area (Å²) in [6.45, 7) is 0. The summed E-state index contributed by atoms with van der Waals surface area (Å²) in [6, 6.07) is 1.51. The summed E-state index contributed by atoms with van der Waals surface area (Å²) >= 11 is 0. The van der Waals surface area contributed by atoms with Crippen molar-refractivity contribution in [2.45, 2.75) is 18.8 Å². The number of carbonyl (C=O) groups is 1. The third kappa shape index (κ3) is 2.82. The minimum absolute atomic E-state index is 0.0950. The van der Waals surface area contributed by atoms with Crippen LogP contribution in [-0.2, 0) is 9.84 Å². The zero-order chi connectivity index (χ0) is 12.5. The van der Waals surface area contributed by atoms with Crippen LogP contribution in [0.15, 0.2) is 18.5 Å². The Bertz CT molecular complexity index is 538. The highest BCUT2D eigenvalue weighted by Gasteiger charge is 2.26. The fourth-order valence-electron chi connectivity index (χ4n) is 2.08.